The number of hydrogen-bond acceptors (Lipinski definition) is 3. The minimum Gasteiger partial charge on any atom is -0.435 e. The molecular formula is C23H17ClF2N2OS. The molecular weight excluding hydrogens is 426 g/mol. The second kappa shape index (κ2) is 9.24. The Hall–Kier alpha value is -2.96. The molecule has 0 aliphatic heterocycles. The van der Waals surface area contributed by atoms with Crippen molar-refractivity contribution in [1.82, 2.24) is 4.57 Å². The molecule has 7 heteroatoms. The summed E-state index contributed by atoms with van der Waals surface area (Å²) < 4.78 is 31.3. The molecule has 3 nitrogen and oxygen atoms in total. The van der Waals surface area contributed by atoms with Gasteiger partial charge >= 0.3 is 6.61 Å². The molecule has 0 N–H and O–H groups in total. The zero-order valence-electron chi connectivity index (χ0n) is 15.7. The van der Waals surface area contributed by atoms with Crippen molar-refractivity contribution in [3.63, 3.8) is 0 Å². The van der Waals surface area contributed by atoms with Gasteiger partial charge in [-0.3, -0.25) is 0 Å². The third-order valence-corrected chi connectivity index (χ3v) is 5.52. The van der Waals surface area contributed by atoms with Gasteiger partial charge in [-0.25, -0.2) is 4.99 Å². The highest BCUT2D eigenvalue weighted by molar-refractivity contribution is 7.07. The number of aromatic nitrogens is 1. The Morgan fingerprint density at radius 2 is 1.63 bits per heavy atom. The van der Waals surface area contributed by atoms with Crippen molar-refractivity contribution in [3.05, 3.63) is 99.6 Å². The SMILES string of the molecule is FC(F)Oc1ccc(N=c2scc(-c3ccc(Cl)cc3)n2Cc2ccccc2)cc1. The second-order valence-electron chi connectivity index (χ2n) is 6.47. The van der Waals surface area contributed by atoms with Crippen LogP contribution in [0.5, 0.6) is 5.75 Å². The lowest BCUT2D eigenvalue weighted by molar-refractivity contribution is -0.0498. The standard InChI is InChI=1S/C23H17ClF2N2OS/c24-18-8-6-17(7-9-18)21-15-30-23(28(21)14-16-4-2-1-3-5-16)27-19-10-12-20(13-11-19)29-22(25)26/h1-13,15,22H,14H2. The number of ether oxygens (including phenoxy) is 1. The number of hydrogen-bond donors (Lipinski definition) is 0. The predicted molar refractivity (Wildman–Crippen MR) is 117 cm³/mol. The zero-order chi connectivity index (χ0) is 20.9. The molecule has 1 aromatic heterocycles. The van der Waals surface area contributed by atoms with E-state index in [4.69, 9.17) is 16.6 Å². The maximum atomic E-state index is 12.4. The van der Waals surface area contributed by atoms with E-state index >= 15 is 0 Å². The molecule has 0 saturated carbocycles. The lowest BCUT2D eigenvalue weighted by Crippen LogP contribution is -2.16. The van der Waals surface area contributed by atoms with E-state index in [-0.39, 0.29) is 5.75 Å². The first-order valence-corrected chi connectivity index (χ1v) is 10.4. The first-order valence-electron chi connectivity index (χ1n) is 9.16. The van der Waals surface area contributed by atoms with Crippen molar-refractivity contribution in [1.29, 1.82) is 0 Å². The maximum absolute atomic E-state index is 12.4. The topological polar surface area (TPSA) is 26.5 Å². The van der Waals surface area contributed by atoms with Crippen LogP contribution in [0.15, 0.2) is 89.2 Å². The third-order valence-electron chi connectivity index (χ3n) is 4.41. The van der Waals surface area contributed by atoms with Crippen LogP contribution in [0.25, 0.3) is 11.3 Å². The molecule has 3 aromatic carbocycles. The van der Waals surface area contributed by atoms with E-state index < -0.39 is 6.61 Å². The third kappa shape index (κ3) is 4.96. The lowest BCUT2D eigenvalue weighted by atomic mass is 10.1. The fraction of sp³-hybridized carbons (Fsp3) is 0.0870. The van der Waals surface area contributed by atoms with Gasteiger partial charge in [-0.2, -0.15) is 8.78 Å². The van der Waals surface area contributed by atoms with Crippen LogP contribution in [0.1, 0.15) is 5.56 Å². The van der Waals surface area contributed by atoms with Gasteiger partial charge < -0.3 is 9.30 Å². The normalized spacial score (nSPS) is 11.8. The Bertz CT molecular complexity index is 1170. The van der Waals surface area contributed by atoms with E-state index in [1.165, 1.54) is 23.5 Å². The van der Waals surface area contributed by atoms with Gasteiger partial charge in [-0.15, -0.1) is 11.3 Å². The molecule has 152 valence electrons. The maximum Gasteiger partial charge on any atom is 0.387 e. The van der Waals surface area contributed by atoms with Gasteiger partial charge in [0.1, 0.15) is 5.75 Å². The molecule has 0 spiro atoms. The summed E-state index contributed by atoms with van der Waals surface area (Å²) >= 11 is 7.56. The first-order chi connectivity index (χ1) is 14.6. The van der Waals surface area contributed by atoms with Crippen LogP contribution >= 0.6 is 22.9 Å². The van der Waals surface area contributed by atoms with Crippen LogP contribution < -0.4 is 9.54 Å². The van der Waals surface area contributed by atoms with E-state index in [1.807, 2.05) is 42.5 Å². The molecule has 4 rings (SSSR count). The largest absolute Gasteiger partial charge is 0.435 e. The van der Waals surface area contributed by atoms with Crippen LogP contribution in [-0.2, 0) is 6.54 Å². The van der Waals surface area contributed by atoms with Crippen molar-refractivity contribution < 1.29 is 13.5 Å². The monoisotopic (exact) mass is 442 g/mol. The van der Waals surface area contributed by atoms with Crippen LogP contribution in [0, 0.1) is 0 Å². The minimum atomic E-state index is -2.85. The molecule has 0 bridgehead atoms. The molecule has 1 heterocycles. The fourth-order valence-electron chi connectivity index (χ4n) is 3.00. The van der Waals surface area contributed by atoms with Gasteiger partial charge in [-0.1, -0.05) is 54.1 Å². The van der Waals surface area contributed by atoms with Crippen LogP contribution in [-0.4, -0.2) is 11.2 Å². The smallest absolute Gasteiger partial charge is 0.387 e. The lowest BCUT2D eigenvalue weighted by Gasteiger charge is -2.10. The Morgan fingerprint density at radius 3 is 2.30 bits per heavy atom. The van der Waals surface area contributed by atoms with Crippen molar-refractivity contribution >= 4 is 28.6 Å². The van der Waals surface area contributed by atoms with Gasteiger partial charge in [-0.05, 0) is 47.5 Å². The average Bonchev–Trinajstić information content (AvgIpc) is 3.12. The summed E-state index contributed by atoms with van der Waals surface area (Å²) in [4.78, 5) is 5.53. The first kappa shape index (κ1) is 20.3. The zero-order valence-corrected chi connectivity index (χ0v) is 17.3. The van der Waals surface area contributed by atoms with E-state index in [0.29, 0.717) is 17.3 Å². The predicted octanol–water partition coefficient (Wildman–Crippen LogP) is 6.75. The van der Waals surface area contributed by atoms with E-state index in [9.17, 15) is 8.78 Å². The summed E-state index contributed by atoms with van der Waals surface area (Å²) in [5, 5.41) is 2.74. The number of nitrogens with zero attached hydrogens (tertiary/aromatic N) is 2. The summed E-state index contributed by atoms with van der Waals surface area (Å²) in [6.45, 7) is -2.20. The Morgan fingerprint density at radius 1 is 0.933 bits per heavy atom. The number of rotatable bonds is 6. The number of halogens is 3. The highest BCUT2D eigenvalue weighted by atomic mass is 35.5. The molecule has 0 atom stereocenters. The van der Waals surface area contributed by atoms with Gasteiger partial charge in [0.15, 0.2) is 4.80 Å². The Balaban J connectivity index is 1.75. The molecule has 0 aliphatic carbocycles. The van der Waals surface area contributed by atoms with Gasteiger partial charge in [0.25, 0.3) is 0 Å². The minimum absolute atomic E-state index is 0.106. The fourth-order valence-corrected chi connectivity index (χ4v) is 4.06. The molecule has 4 aromatic rings. The molecule has 0 radical (unpaired) electrons. The summed E-state index contributed by atoms with van der Waals surface area (Å²) in [5.74, 6) is 0.106. The average molecular weight is 443 g/mol. The van der Waals surface area contributed by atoms with Crippen LogP contribution in [0.3, 0.4) is 0 Å². The number of benzene rings is 3. The van der Waals surface area contributed by atoms with E-state index in [0.717, 1.165) is 21.6 Å². The van der Waals surface area contributed by atoms with Gasteiger partial charge in [0.05, 0.1) is 17.9 Å². The number of thiazole rings is 1. The summed E-state index contributed by atoms with van der Waals surface area (Å²) in [5.41, 5.74) is 3.86. The van der Waals surface area contributed by atoms with E-state index in [1.54, 1.807) is 12.1 Å². The summed E-state index contributed by atoms with van der Waals surface area (Å²) in [6, 6.07) is 24.1. The molecule has 30 heavy (non-hydrogen) atoms. The van der Waals surface area contributed by atoms with Crippen molar-refractivity contribution in [2.75, 3.05) is 0 Å². The van der Waals surface area contributed by atoms with E-state index in [2.05, 4.69) is 26.8 Å². The summed E-state index contributed by atoms with van der Waals surface area (Å²) in [7, 11) is 0. The second-order valence-corrected chi connectivity index (χ2v) is 7.74. The summed E-state index contributed by atoms with van der Waals surface area (Å²) in [6.07, 6.45) is 0. The highest BCUT2D eigenvalue weighted by Gasteiger charge is 2.10. The van der Waals surface area contributed by atoms with Crippen LogP contribution in [0.4, 0.5) is 14.5 Å². The quantitative estimate of drug-likeness (QED) is 0.324. The molecule has 0 fully saturated rings. The van der Waals surface area contributed by atoms with Crippen LogP contribution in [0.2, 0.25) is 5.02 Å². The highest BCUT2D eigenvalue weighted by Crippen LogP contribution is 2.24. The molecule has 0 amide bonds. The van der Waals surface area contributed by atoms with Crippen molar-refractivity contribution in [3.8, 4) is 17.0 Å². The van der Waals surface area contributed by atoms with Crippen molar-refractivity contribution in [2.24, 2.45) is 4.99 Å². The molecule has 0 saturated heterocycles. The Kier molecular flexibility index (Phi) is 6.26. The molecule has 0 aliphatic rings. The number of alkyl halides is 2. The van der Waals surface area contributed by atoms with Gasteiger partial charge in [0, 0.05) is 10.4 Å². The van der Waals surface area contributed by atoms with Crippen molar-refractivity contribution in [2.45, 2.75) is 13.2 Å². The van der Waals surface area contributed by atoms with Gasteiger partial charge in [0.2, 0.25) is 0 Å². The Labute approximate surface area is 181 Å². The molecule has 0 unspecified atom stereocenters.